The molecule has 1 aliphatic heterocycles. The molecule has 2 amide bonds. The van der Waals surface area contributed by atoms with Crippen LogP contribution in [0.5, 0.6) is 0 Å². The van der Waals surface area contributed by atoms with Crippen molar-refractivity contribution in [2.75, 3.05) is 0 Å². The van der Waals surface area contributed by atoms with E-state index in [4.69, 9.17) is 5.11 Å². The molecule has 1 aliphatic rings. The average molecular weight is 234 g/mol. The first kappa shape index (κ1) is 11.4. The fourth-order valence-corrected chi connectivity index (χ4v) is 2.08. The molecule has 3 N–H and O–H groups in total. The van der Waals surface area contributed by atoms with Crippen molar-refractivity contribution >= 4 is 12.0 Å². The highest BCUT2D eigenvalue weighted by Gasteiger charge is 2.33. The van der Waals surface area contributed by atoms with Gasteiger partial charge in [-0.1, -0.05) is 30.3 Å². The first-order chi connectivity index (χ1) is 8.15. The Morgan fingerprint density at radius 2 is 2.12 bits per heavy atom. The van der Waals surface area contributed by atoms with E-state index in [0.29, 0.717) is 6.42 Å². The van der Waals surface area contributed by atoms with Crippen LogP contribution in [0.15, 0.2) is 30.3 Å². The fourth-order valence-electron chi connectivity index (χ4n) is 2.08. The molecular formula is C12H14N2O3. The molecule has 1 aromatic carbocycles. The van der Waals surface area contributed by atoms with Crippen molar-refractivity contribution in [3.8, 4) is 0 Å². The Hall–Kier alpha value is -2.04. The second-order valence-corrected chi connectivity index (χ2v) is 4.12. The Balaban J connectivity index is 2.03. The number of carboxylic acid groups (broad SMARTS) is 1. The third-order valence-corrected chi connectivity index (χ3v) is 2.84. The van der Waals surface area contributed by atoms with Crippen molar-refractivity contribution in [2.24, 2.45) is 0 Å². The van der Waals surface area contributed by atoms with E-state index in [1.54, 1.807) is 0 Å². The van der Waals surface area contributed by atoms with Gasteiger partial charge in [0.2, 0.25) is 5.91 Å². The van der Waals surface area contributed by atoms with Gasteiger partial charge in [-0.05, 0) is 12.0 Å². The number of amides is 2. The van der Waals surface area contributed by atoms with Crippen molar-refractivity contribution < 1.29 is 14.7 Å². The van der Waals surface area contributed by atoms with Gasteiger partial charge in [0.05, 0.1) is 12.1 Å². The van der Waals surface area contributed by atoms with Gasteiger partial charge in [-0.15, -0.1) is 0 Å². The van der Waals surface area contributed by atoms with Gasteiger partial charge in [-0.25, -0.2) is 4.79 Å². The molecule has 1 aromatic rings. The molecule has 0 spiro atoms. The monoisotopic (exact) mass is 234 g/mol. The van der Waals surface area contributed by atoms with Crippen LogP contribution in [0.2, 0.25) is 0 Å². The summed E-state index contributed by atoms with van der Waals surface area (Å²) in [4.78, 5) is 21.9. The molecule has 1 saturated heterocycles. The van der Waals surface area contributed by atoms with Crippen molar-refractivity contribution in [1.29, 1.82) is 0 Å². The highest BCUT2D eigenvalue weighted by atomic mass is 16.4. The van der Waals surface area contributed by atoms with Gasteiger partial charge < -0.3 is 15.7 Å². The lowest BCUT2D eigenvalue weighted by Crippen LogP contribution is -2.44. The summed E-state index contributed by atoms with van der Waals surface area (Å²) in [7, 11) is 0. The summed E-state index contributed by atoms with van der Waals surface area (Å²) in [5.41, 5.74) is 1.08. The zero-order valence-electron chi connectivity index (χ0n) is 9.22. The van der Waals surface area contributed by atoms with Gasteiger partial charge in [0.15, 0.2) is 0 Å². The lowest BCUT2D eigenvalue weighted by Gasteiger charge is -2.18. The van der Waals surface area contributed by atoms with Crippen LogP contribution >= 0.6 is 0 Å². The Morgan fingerprint density at radius 1 is 1.41 bits per heavy atom. The van der Waals surface area contributed by atoms with Gasteiger partial charge in [0.1, 0.15) is 0 Å². The molecule has 1 heterocycles. The fraction of sp³-hybridized carbons (Fsp3) is 0.333. The maximum atomic E-state index is 11.3. The van der Waals surface area contributed by atoms with Crippen LogP contribution in [0.1, 0.15) is 12.0 Å². The van der Waals surface area contributed by atoms with Gasteiger partial charge >= 0.3 is 6.09 Å². The molecule has 0 unspecified atom stereocenters. The summed E-state index contributed by atoms with van der Waals surface area (Å²) >= 11 is 0. The highest BCUT2D eigenvalue weighted by molar-refractivity contribution is 5.81. The van der Waals surface area contributed by atoms with Gasteiger partial charge in [-0.2, -0.15) is 0 Å². The van der Waals surface area contributed by atoms with E-state index in [1.807, 2.05) is 30.3 Å². The van der Waals surface area contributed by atoms with E-state index in [2.05, 4.69) is 10.6 Å². The summed E-state index contributed by atoms with van der Waals surface area (Å²) < 4.78 is 0. The second-order valence-electron chi connectivity index (χ2n) is 4.12. The Kier molecular flexibility index (Phi) is 3.27. The van der Waals surface area contributed by atoms with Crippen LogP contribution in [-0.4, -0.2) is 29.2 Å². The standard InChI is InChI=1S/C12H14N2O3/c15-11-7-10(14-12(16)17)9(13-11)6-8-4-2-1-3-5-8/h1-5,9-10,14H,6-7H2,(H,13,15)(H,16,17)/t9-,10+/m0/s1. The number of benzene rings is 1. The number of carbonyl (C=O) groups excluding carboxylic acids is 1. The number of carbonyl (C=O) groups is 2. The van der Waals surface area contributed by atoms with Crippen LogP contribution in [0.25, 0.3) is 0 Å². The van der Waals surface area contributed by atoms with Crippen molar-refractivity contribution in [1.82, 2.24) is 10.6 Å². The van der Waals surface area contributed by atoms with Crippen LogP contribution < -0.4 is 10.6 Å². The van der Waals surface area contributed by atoms with Gasteiger partial charge in [-0.3, -0.25) is 4.79 Å². The third-order valence-electron chi connectivity index (χ3n) is 2.84. The molecule has 5 nitrogen and oxygen atoms in total. The third kappa shape index (κ3) is 2.96. The van der Waals surface area contributed by atoms with Crippen LogP contribution in [0, 0.1) is 0 Å². The van der Waals surface area contributed by atoms with E-state index in [-0.39, 0.29) is 24.4 Å². The molecular weight excluding hydrogens is 220 g/mol. The number of hydrogen-bond donors (Lipinski definition) is 3. The first-order valence-electron chi connectivity index (χ1n) is 5.48. The van der Waals surface area contributed by atoms with Crippen LogP contribution in [0.3, 0.4) is 0 Å². The van der Waals surface area contributed by atoms with E-state index < -0.39 is 6.09 Å². The molecule has 0 radical (unpaired) electrons. The van der Waals surface area contributed by atoms with Gasteiger partial charge in [0.25, 0.3) is 0 Å². The molecule has 2 rings (SSSR count). The molecule has 90 valence electrons. The van der Waals surface area contributed by atoms with Crippen molar-refractivity contribution in [3.63, 3.8) is 0 Å². The minimum atomic E-state index is -1.09. The lowest BCUT2D eigenvalue weighted by atomic mass is 10.0. The van der Waals surface area contributed by atoms with E-state index >= 15 is 0 Å². The first-order valence-corrected chi connectivity index (χ1v) is 5.48. The molecule has 17 heavy (non-hydrogen) atoms. The molecule has 1 fully saturated rings. The zero-order chi connectivity index (χ0) is 12.3. The largest absolute Gasteiger partial charge is 0.465 e. The average Bonchev–Trinajstić information content (AvgIpc) is 2.59. The molecule has 0 saturated carbocycles. The van der Waals surface area contributed by atoms with Gasteiger partial charge in [0, 0.05) is 6.42 Å². The number of hydrogen-bond acceptors (Lipinski definition) is 2. The maximum absolute atomic E-state index is 11.3. The molecule has 5 heteroatoms. The predicted molar refractivity (Wildman–Crippen MR) is 61.6 cm³/mol. The summed E-state index contributed by atoms with van der Waals surface area (Å²) in [5.74, 6) is -0.107. The second kappa shape index (κ2) is 4.86. The Bertz CT molecular complexity index is 419. The van der Waals surface area contributed by atoms with E-state index in [0.717, 1.165) is 5.56 Å². The normalized spacial score (nSPS) is 23.2. The number of nitrogens with one attached hydrogen (secondary N) is 2. The van der Waals surface area contributed by atoms with Crippen molar-refractivity contribution in [3.05, 3.63) is 35.9 Å². The topological polar surface area (TPSA) is 78.4 Å². The van der Waals surface area contributed by atoms with Crippen LogP contribution in [-0.2, 0) is 11.2 Å². The maximum Gasteiger partial charge on any atom is 0.404 e. The summed E-state index contributed by atoms with van der Waals surface area (Å²) in [5, 5.41) is 13.9. The summed E-state index contributed by atoms with van der Waals surface area (Å²) in [6.07, 6.45) is -0.244. The highest BCUT2D eigenvalue weighted by Crippen LogP contribution is 2.14. The van der Waals surface area contributed by atoms with Crippen molar-refractivity contribution in [2.45, 2.75) is 24.9 Å². The number of rotatable bonds is 3. The molecule has 2 atom stereocenters. The van der Waals surface area contributed by atoms with E-state index in [9.17, 15) is 9.59 Å². The minimum Gasteiger partial charge on any atom is -0.465 e. The van der Waals surface area contributed by atoms with Crippen LogP contribution in [0.4, 0.5) is 4.79 Å². The summed E-state index contributed by atoms with van der Waals surface area (Å²) in [6, 6.07) is 9.17. The summed E-state index contributed by atoms with van der Waals surface area (Å²) in [6.45, 7) is 0. The smallest absolute Gasteiger partial charge is 0.404 e. The predicted octanol–water partition coefficient (Wildman–Crippen LogP) is 0.754. The molecule has 0 aromatic heterocycles. The Labute approximate surface area is 98.8 Å². The van der Waals surface area contributed by atoms with E-state index in [1.165, 1.54) is 0 Å². The molecule has 0 aliphatic carbocycles. The molecule has 0 bridgehead atoms. The quantitative estimate of drug-likeness (QED) is 0.722. The minimum absolute atomic E-state index is 0.107. The SMILES string of the molecule is O=C(O)N[C@@H]1CC(=O)N[C@H]1Cc1ccccc1. The Morgan fingerprint density at radius 3 is 2.76 bits per heavy atom. The zero-order valence-corrected chi connectivity index (χ0v) is 9.22. The lowest BCUT2D eigenvalue weighted by molar-refractivity contribution is -0.119.